The molecule has 0 radical (unpaired) electrons. The van der Waals surface area contributed by atoms with Gasteiger partial charge in [0.05, 0.1) is 5.39 Å². The van der Waals surface area contributed by atoms with Crippen molar-refractivity contribution < 1.29 is 0 Å². The average Bonchev–Trinajstić information content (AvgIpc) is 2.83. The molecule has 2 aromatic rings. The predicted molar refractivity (Wildman–Crippen MR) is 83.6 cm³/mol. The number of aromatic nitrogens is 2. The summed E-state index contributed by atoms with van der Waals surface area (Å²) in [5, 5.41) is 0.633. The molecule has 2 heterocycles. The summed E-state index contributed by atoms with van der Waals surface area (Å²) >= 11 is 1.51. The molecule has 0 unspecified atom stereocenters. The van der Waals surface area contributed by atoms with Crippen LogP contribution in [0.4, 0.5) is 0 Å². The molecule has 0 bridgehead atoms. The monoisotopic (exact) mass is 295 g/mol. The highest BCUT2D eigenvalue weighted by Crippen LogP contribution is 2.21. The second kappa shape index (κ2) is 6.85. The highest BCUT2D eigenvalue weighted by Gasteiger charge is 2.10. The number of nitrogens with zero attached hydrogens (tertiary/aromatic N) is 1. The molecule has 0 saturated heterocycles. The van der Waals surface area contributed by atoms with Crippen LogP contribution in [0.15, 0.2) is 15.7 Å². The van der Waals surface area contributed by atoms with Gasteiger partial charge in [0.15, 0.2) is 0 Å². The summed E-state index contributed by atoms with van der Waals surface area (Å²) in [6.07, 6.45) is 4.74. The van der Waals surface area contributed by atoms with Crippen LogP contribution in [0.2, 0.25) is 0 Å². The van der Waals surface area contributed by atoms with E-state index in [1.54, 1.807) is 0 Å². The molecular weight excluding hydrogens is 274 g/mol. The van der Waals surface area contributed by atoms with Gasteiger partial charge in [-0.2, -0.15) is 0 Å². The summed E-state index contributed by atoms with van der Waals surface area (Å²) < 4.78 is 1.29. The van der Waals surface area contributed by atoms with Gasteiger partial charge in [-0.25, -0.2) is 4.79 Å². The van der Waals surface area contributed by atoms with Crippen LogP contribution in [0.25, 0.3) is 10.2 Å². The fraction of sp³-hybridized carbons (Fsp3) is 0.571. The van der Waals surface area contributed by atoms with Crippen molar-refractivity contribution in [3.05, 3.63) is 31.8 Å². The van der Waals surface area contributed by atoms with Crippen LogP contribution in [0.1, 0.15) is 37.5 Å². The Morgan fingerprint density at radius 1 is 1.30 bits per heavy atom. The molecule has 110 valence electrons. The Bertz CT molecular complexity index is 684. The minimum Gasteiger partial charge on any atom is -0.330 e. The number of H-pyrrole nitrogens is 1. The van der Waals surface area contributed by atoms with Gasteiger partial charge in [-0.1, -0.05) is 13.3 Å². The Balaban J connectivity index is 2.35. The lowest BCUT2D eigenvalue weighted by Crippen LogP contribution is -2.34. The third-order valence-corrected chi connectivity index (χ3v) is 4.45. The Morgan fingerprint density at radius 2 is 2.10 bits per heavy atom. The lowest BCUT2D eigenvalue weighted by Gasteiger charge is -2.03. The van der Waals surface area contributed by atoms with Crippen LogP contribution in [0, 0.1) is 0 Å². The van der Waals surface area contributed by atoms with Crippen molar-refractivity contribution in [1.29, 1.82) is 0 Å². The average molecular weight is 295 g/mol. The van der Waals surface area contributed by atoms with Crippen LogP contribution >= 0.6 is 11.3 Å². The smallest absolute Gasteiger partial charge is 0.329 e. The number of thiophene rings is 1. The zero-order valence-corrected chi connectivity index (χ0v) is 12.6. The molecule has 0 spiro atoms. The van der Waals surface area contributed by atoms with Crippen molar-refractivity contribution >= 4 is 21.6 Å². The van der Waals surface area contributed by atoms with E-state index >= 15 is 0 Å². The molecule has 0 aliphatic heterocycles. The molecule has 20 heavy (non-hydrogen) atoms. The van der Waals surface area contributed by atoms with Crippen LogP contribution in [-0.2, 0) is 13.0 Å². The van der Waals surface area contributed by atoms with Crippen molar-refractivity contribution in [3.63, 3.8) is 0 Å². The Kier molecular flexibility index (Phi) is 5.14. The molecule has 0 saturated carbocycles. The van der Waals surface area contributed by atoms with E-state index in [4.69, 9.17) is 5.73 Å². The van der Waals surface area contributed by atoms with Gasteiger partial charge in [0.1, 0.15) is 4.83 Å². The Hall–Kier alpha value is -1.40. The van der Waals surface area contributed by atoms with Crippen LogP contribution in [0.5, 0.6) is 0 Å². The highest BCUT2D eigenvalue weighted by atomic mass is 32.1. The topological polar surface area (TPSA) is 80.9 Å². The van der Waals surface area contributed by atoms with Gasteiger partial charge < -0.3 is 5.73 Å². The molecule has 0 amide bonds. The summed E-state index contributed by atoms with van der Waals surface area (Å²) in [4.78, 5) is 29.0. The maximum absolute atomic E-state index is 12.3. The van der Waals surface area contributed by atoms with Crippen molar-refractivity contribution in [2.45, 2.75) is 45.6 Å². The molecule has 5 nitrogen and oxygen atoms in total. The molecule has 0 atom stereocenters. The zero-order chi connectivity index (χ0) is 14.5. The third-order valence-electron chi connectivity index (χ3n) is 3.34. The van der Waals surface area contributed by atoms with Gasteiger partial charge >= 0.3 is 5.69 Å². The van der Waals surface area contributed by atoms with E-state index < -0.39 is 0 Å². The first kappa shape index (κ1) is 15.0. The van der Waals surface area contributed by atoms with E-state index in [2.05, 4.69) is 11.9 Å². The van der Waals surface area contributed by atoms with E-state index in [1.807, 2.05) is 6.07 Å². The standard InChI is InChI=1S/C14H21N3O2S/c1-2-3-6-10-9-11-12(20-10)16-14(19)17(13(11)18)8-5-4-7-15/h9H,2-8,15H2,1H3,(H,16,19). The van der Waals surface area contributed by atoms with Gasteiger partial charge in [0.25, 0.3) is 5.56 Å². The van der Waals surface area contributed by atoms with E-state index in [1.165, 1.54) is 15.9 Å². The van der Waals surface area contributed by atoms with E-state index in [0.717, 1.165) is 37.0 Å². The van der Waals surface area contributed by atoms with Crippen molar-refractivity contribution in [3.8, 4) is 0 Å². The van der Waals surface area contributed by atoms with Crippen LogP contribution < -0.4 is 17.0 Å². The lowest BCUT2D eigenvalue weighted by atomic mass is 10.2. The van der Waals surface area contributed by atoms with Crippen LogP contribution in [0.3, 0.4) is 0 Å². The van der Waals surface area contributed by atoms with Crippen LogP contribution in [-0.4, -0.2) is 16.1 Å². The maximum atomic E-state index is 12.3. The van der Waals surface area contributed by atoms with Crippen molar-refractivity contribution in [2.24, 2.45) is 5.73 Å². The van der Waals surface area contributed by atoms with E-state index in [9.17, 15) is 9.59 Å². The number of aromatic amines is 1. The van der Waals surface area contributed by atoms with Gasteiger partial charge in [0.2, 0.25) is 0 Å². The third kappa shape index (κ3) is 3.19. The van der Waals surface area contributed by atoms with E-state index in [-0.39, 0.29) is 11.2 Å². The minimum absolute atomic E-state index is 0.181. The number of nitrogens with two attached hydrogens (primary N) is 1. The fourth-order valence-electron chi connectivity index (χ4n) is 2.19. The second-order valence-electron chi connectivity index (χ2n) is 4.94. The maximum Gasteiger partial charge on any atom is 0.329 e. The first-order chi connectivity index (χ1) is 9.67. The summed E-state index contributed by atoms with van der Waals surface area (Å²) in [6.45, 7) is 3.15. The van der Waals surface area contributed by atoms with E-state index in [0.29, 0.717) is 23.3 Å². The molecular formula is C14H21N3O2S. The Morgan fingerprint density at radius 3 is 2.80 bits per heavy atom. The van der Waals surface area contributed by atoms with Gasteiger partial charge in [0, 0.05) is 11.4 Å². The first-order valence-electron chi connectivity index (χ1n) is 7.13. The molecule has 2 rings (SSSR count). The number of hydrogen-bond donors (Lipinski definition) is 2. The van der Waals surface area contributed by atoms with Gasteiger partial charge in [-0.15, -0.1) is 11.3 Å². The highest BCUT2D eigenvalue weighted by molar-refractivity contribution is 7.18. The quantitative estimate of drug-likeness (QED) is 0.765. The number of nitrogens with one attached hydrogen (secondary N) is 1. The number of unbranched alkanes of at least 4 members (excludes halogenated alkanes) is 2. The summed E-state index contributed by atoms with van der Waals surface area (Å²) in [7, 11) is 0. The minimum atomic E-state index is -0.316. The number of hydrogen-bond acceptors (Lipinski definition) is 4. The summed E-state index contributed by atoms with van der Waals surface area (Å²) in [5.41, 5.74) is 4.94. The van der Waals surface area contributed by atoms with Gasteiger partial charge in [-0.05, 0) is 38.3 Å². The molecule has 6 heteroatoms. The molecule has 0 aliphatic rings. The van der Waals surface area contributed by atoms with Crippen molar-refractivity contribution in [2.75, 3.05) is 6.54 Å². The molecule has 3 N–H and O–H groups in total. The fourth-order valence-corrected chi connectivity index (χ4v) is 3.27. The predicted octanol–water partition coefficient (Wildman–Crippen LogP) is 1.83. The zero-order valence-electron chi connectivity index (χ0n) is 11.8. The largest absolute Gasteiger partial charge is 0.330 e. The summed E-state index contributed by atoms with van der Waals surface area (Å²) in [5.74, 6) is 0. The summed E-state index contributed by atoms with van der Waals surface area (Å²) in [6, 6.07) is 1.92. The first-order valence-corrected chi connectivity index (χ1v) is 7.94. The normalized spacial score (nSPS) is 11.3. The number of rotatable bonds is 7. The number of fused-ring (bicyclic) bond motifs is 1. The van der Waals surface area contributed by atoms with Crippen molar-refractivity contribution in [1.82, 2.24) is 9.55 Å². The lowest BCUT2D eigenvalue weighted by molar-refractivity contribution is 0.578. The Labute approximate surface area is 121 Å². The molecule has 2 aromatic heterocycles. The molecule has 0 aromatic carbocycles. The SMILES string of the molecule is CCCCc1cc2c(=O)n(CCCCN)c(=O)[nH]c2s1. The van der Waals surface area contributed by atoms with Gasteiger partial charge in [-0.3, -0.25) is 14.3 Å². The number of aryl methyl sites for hydroxylation is 1. The molecule has 0 fully saturated rings. The second-order valence-corrected chi connectivity index (χ2v) is 6.08. The molecule has 0 aliphatic carbocycles.